The van der Waals surface area contributed by atoms with Gasteiger partial charge < -0.3 is 10.2 Å². The minimum Gasteiger partial charge on any atom is -0.504 e. The molecule has 2 aromatic heterocycles. The van der Waals surface area contributed by atoms with E-state index in [1.165, 1.54) is 6.07 Å². The van der Waals surface area contributed by atoms with Crippen LogP contribution in [0.2, 0.25) is 5.15 Å². The number of phenolic OH excluding ortho intramolecular Hbond substituents is 2. The van der Waals surface area contributed by atoms with Crippen LogP contribution in [0, 0.1) is 17.0 Å². The molecule has 2 N–H and O–H groups in total. The molecule has 3 aromatic rings. The lowest BCUT2D eigenvalue weighted by Gasteiger charge is -2.06. The smallest absolute Gasteiger partial charge is 0.315 e. The minimum absolute atomic E-state index is 0.234. The van der Waals surface area contributed by atoms with E-state index >= 15 is 0 Å². The predicted molar refractivity (Wildman–Crippen MR) is 88.3 cm³/mol. The van der Waals surface area contributed by atoms with E-state index in [0.29, 0.717) is 16.1 Å². The molecule has 0 atom stereocenters. The van der Waals surface area contributed by atoms with Crippen LogP contribution in [-0.4, -0.2) is 29.7 Å². The summed E-state index contributed by atoms with van der Waals surface area (Å²) in [4.78, 5) is 14.9. The van der Waals surface area contributed by atoms with E-state index in [-0.39, 0.29) is 10.7 Å². The van der Waals surface area contributed by atoms with Gasteiger partial charge in [0.05, 0.1) is 9.80 Å². The molecular weight excluding hydrogens is 356 g/mol. The summed E-state index contributed by atoms with van der Waals surface area (Å²) in [6.07, 6.45) is 0. The monoisotopic (exact) mass is 364 g/mol. The van der Waals surface area contributed by atoms with Crippen LogP contribution in [0.3, 0.4) is 0 Å². The van der Waals surface area contributed by atoms with E-state index in [9.17, 15) is 20.3 Å². The SMILES string of the molecule is Cc1ccc(-c2snnc2-c2cc(O)c(O)c([N+](=O)[O-])c2)c(Cl)n1. The Kier molecular flexibility index (Phi) is 4.04. The molecule has 122 valence electrons. The van der Waals surface area contributed by atoms with Crippen molar-refractivity contribution >= 4 is 28.8 Å². The maximum atomic E-state index is 11.0. The molecule has 0 aliphatic rings. The number of nitro benzene ring substituents is 1. The molecule has 3 rings (SSSR count). The molecule has 0 spiro atoms. The van der Waals surface area contributed by atoms with Crippen molar-refractivity contribution in [3.8, 4) is 33.2 Å². The van der Waals surface area contributed by atoms with Gasteiger partial charge in [-0.1, -0.05) is 16.1 Å². The quantitative estimate of drug-likeness (QED) is 0.315. The molecule has 0 aliphatic carbocycles. The Morgan fingerprint density at radius 2 is 2.04 bits per heavy atom. The Balaban J connectivity index is 2.20. The van der Waals surface area contributed by atoms with E-state index in [4.69, 9.17) is 11.6 Å². The molecular formula is C14H9ClN4O4S. The predicted octanol–water partition coefficient (Wildman–Crippen LogP) is 3.55. The Morgan fingerprint density at radius 3 is 2.71 bits per heavy atom. The van der Waals surface area contributed by atoms with Crippen molar-refractivity contribution in [3.63, 3.8) is 0 Å². The van der Waals surface area contributed by atoms with E-state index in [2.05, 4.69) is 14.6 Å². The van der Waals surface area contributed by atoms with Gasteiger partial charge in [-0.3, -0.25) is 10.1 Å². The average molecular weight is 365 g/mol. The number of nitrogens with zero attached hydrogens (tertiary/aromatic N) is 4. The number of benzene rings is 1. The summed E-state index contributed by atoms with van der Waals surface area (Å²) >= 11 is 7.20. The summed E-state index contributed by atoms with van der Waals surface area (Å²) in [5.41, 5.74) is 1.21. The highest BCUT2D eigenvalue weighted by molar-refractivity contribution is 7.10. The second-order valence-electron chi connectivity index (χ2n) is 4.86. The van der Waals surface area contributed by atoms with Crippen molar-refractivity contribution in [2.24, 2.45) is 0 Å². The topological polar surface area (TPSA) is 122 Å². The molecule has 0 aliphatic heterocycles. The van der Waals surface area contributed by atoms with Crippen molar-refractivity contribution in [3.05, 3.63) is 45.2 Å². The summed E-state index contributed by atoms with van der Waals surface area (Å²) in [7, 11) is 0. The van der Waals surface area contributed by atoms with E-state index in [1.807, 2.05) is 0 Å². The molecule has 1 aromatic carbocycles. The normalized spacial score (nSPS) is 10.8. The van der Waals surface area contributed by atoms with Crippen LogP contribution >= 0.6 is 23.1 Å². The number of phenols is 2. The number of hydrogen-bond donors (Lipinski definition) is 2. The highest BCUT2D eigenvalue weighted by Crippen LogP contribution is 2.42. The zero-order valence-corrected chi connectivity index (χ0v) is 13.7. The number of rotatable bonds is 3. The van der Waals surface area contributed by atoms with Gasteiger partial charge in [0.25, 0.3) is 0 Å². The first-order chi connectivity index (χ1) is 11.4. The second-order valence-corrected chi connectivity index (χ2v) is 5.97. The molecule has 0 radical (unpaired) electrons. The lowest BCUT2D eigenvalue weighted by atomic mass is 10.1. The lowest BCUT2D eigenvalue weighted by molar-refractivity contribution is -0.385. The highest BCUT2D eigenvalue weighted by Gasteiger charge is 2.23. The Bertz CT molecular complexity index is 960. The van der Waals surface area contributed by atoms with E-state index in [0.717, 1.165) is 23.3 Å². The van der Waals surface area contributed by atoms with Crippen molar-refractivity contribution in [1.82, 2.24) is 14.6 Å². The van der Waals surface area contributed by atoms with Crippen LogP contribution in [0.5, 0.6) is 11.5 Å². The molecule has 24 heavy (non-hydrogen) atoms. The second kappa shape index (κ2) is 6.02. The number of aromatic nitrogens is 3. The fraction of sp³-hybridized carbons (Fsp3) is 0.0714. The van der Waals surface area contributed by atoms with Crippen molar-refractivity contribution < 1.29 is 15.1 Å². The van der Waals surface area contributed by atoms with Gasteiger partial charge in [-0.05, 0) is 36.7 Å². The highest BCUT2D eigenvalue weighted by atomic mass is 35.5. The molecule has 0 bridgehead atoms. The summed E-state index contributed by atoms with van der Waals surface area (Å²) < 4.78 is 3.86. The molecule has 0 fully saturated rings. The van der Waals surface area contributed by atoms with Crippen LogP contribution in [0.15, 0.2) is 24.3 Å². The first-order valence-electron chi connectivity index (χ1n) is 6.55. The number of pyridine rings is 1. The molecule has 0 amide bonds. The lowest BCUT2D eigenvalue weighted by Crippen LogP contribution is -1.92. The molecule has 0 saturated heterocycles. The third kappa shape index (κ3) is 2.74. The maximum Gasteiger partial charge on any atom is 0.315 e. The van der Waals surface area contributed by atoms with Crippen LogP contribution in [0.25, 0.3) is 21.7 Å². The number of aryl methyl sites for hydroxylation is 1. The number of nitro groups is 1. The minimum atomic E-state index is -0.802. The van der Waals surface area contributed by atoms with Gasteiger partial charge in [0.1, 0.15) is 10.8 Å². The van der Waals surface area contributed by atoms with Crippen LogP contribution in [0.1, 0.15) is 5.69 Å². The van der Waals surface area contributed by atoms with Gasteiger partial charge in [0.15, 0.2) is 5.75 Å². The van der Waals surface area contributed by atoms with Gasteiger partial charge in [-0.2, -0.15) is 0 Å². The first kappa shape index (κ1) is 16.1. The van der Waals surface area contributed by atoms with Gasteiger partial charge in [-0.15, -0.1) is 5.10 Å². The van der Waals surface area contributed by atoms with Gasteiger partial charge in [-0.25, -0.2) is 4.98 Å². The van der Waals surface area contributed by atoms with Crippen LogP contribution in [-0.2, 0) is 0 Å². The molecule has 10 heteroatoms. The third-order valence-electron chi connectivity index (χ3n) is 3.26. The molecule has 0 unspecified atom stereocenters. The first-order valence-corrected chi connectivity index (χ1v) is 7.70. The Labute approximate surface area is 144 Å². The number of hydrogen-bond acceptors (Lipinski definition) is 8. The van der Waals surface area contributed by atoms with Crippen LogP contribution < -0.4 is 0 Å². The number of aromatic hydroxyl groups is 2. The van der Waals surface area contributed by atoms with E-state index < -0.39 is 22.1 Å². The van der Waals surface area contributed by atoms with Gasteiger partial charge >= 0.3 is 5.69 Å². The van der Waals surface area contributed by atoms with Crippen molar-refractivity contribution in [2.45, 2.75) is 6.92 Å². The molecule has 2 heterocycles. The third-order valence-corrected chi connectivity index (χ3v) is 4.31. The van der Waals surface area contributed by atoms with Crippen LogP contribution in [0.4, 0.5) is 5.69 Å². The standard InChI is InChI=1S/C14H9ClN4O4S/c1-6-2-3-8(14(15)16-6)13-11(17-18-24-13)7-4-9(19(22)23)12(21)10(20)5-7/h2-5,20-21H,1H3. The zero-order chi connectivity index (χ0) is 17.4. The summed E-state index contributed by atoms with van der Waals surface area (Å²) in [6, 6.07) is 5.81. The Morgan fingerprint density at radius 1 is 1.29 bits per heavy atom. The van der Waals surface area contributed by atoms with Gasteiger partial charge in [0, 0.05) is 22.9 Å². The summed E-state index contributed by atoms with van der Waals surface area (Å²) in [5.74, 6) is -1.42. The number of halogens is 1. The van der Waals surface area contributed by atoms with E-state index in [1.54, 1.807) is 19.1 Å². The fourth-order valence-corrected chi connectivity index (χ4v) is 3.19. The largest absolute Gasteiger partial charge is 0.504 e. The zero-order valence-electron chi connectivity index (χ0n) is 12.1. The summed E-state index contributed by atoms with van der Waals surface area (Å²) in [6.45, 7) is 1.79. The Hall–Kier alpha value is -2.78. The maximum absolute atomic E-state index is 11.0. The van der Waals surface area contributed by atoms with Crippen molar-refractivity contribution in [2.75, 3.05) is 0 Å². The molecule has 0 saturated carbocycles. The molecule has 8 nitrogen and oxygen atoms in total. The van der Waals surface area contributed by atoms with Crippen molar-refractivity contribution in [1.29, 1.82) is 0 Å². The summed E-state index contributed by atoms with van der Waals surface area (Å²) in [5, 5.41) is 34.6. The fourth-order valence-electron chi connectivity index (χ4n) is 2.13. The average Bonchev–Trinajstić information content (AvgIpc) is 2.98. The van der Waals surface area contributed by atoms with Gasteiger partial charge in [0.2, 0.25) is 5.75 Å².